The van der Waals surface area contributed by atoms with Crippen molar-refractivity contribution >= 4 is 28.7 Å². The van der Waals surface area contributed by atoms with E-state index in [1.165, 1.54) is 11.8 Å². The molecule has 0 fully saturated rings. The van der Waals surface area contributed by atoms with Crippen LogP contribution < -0.4 is 5.32 Å². The molecule has 1 aromatic carbocycles. The first-order valence-corrected chi connectivity index (χ1v) is 7.59. The van der Waals surface area contributed by atoms with Crippen LogP contribution in [0.3, 0.4) is 0 Å². The van der Waals surface area contributed by atoms with Crippen molar-refractivity contribution in [2.45, 2.75) is 18.6 Å². The predicted molar refractivity (Wildman–Crippen MR) is 81.1 cm³/mol. The standard InChI is InChI=1S/C14H13N5O2S/c1-9-4-5-15-14(17-9)22-8-13(20)16-7-10-2-3-11-12(6-10)19-21-18-11/h2-6H,7-8H2,1H3,(H,16,20). The fraction of sp³-hybridized carbons (Fsp3) is 0.214. The smallest absolute Gasteiger partial charge is 0.230 e. The minimum Gasteiger partial charge on any atom is -0.351 e. The quantitative estimate of drug-likeness (QED) is 0.566. The van der Waals surface area contributed by atoms with Crippen LogP contribution in [0.2, 0.25) is 0 Å². The van der Waals surface area contributed by atoms with E-state index < -0.39 is 0 Å². The Morgan fingerprint density at radius 1 is 1.27 bits per heavy atom. The van der Waals surface area contributed by atoms with Gasteiger partial charge in [-0.1, -0.05) is 17.8 Å². The molecule has 22 heavy (non-hydrogen) atoms. The zero-order valence-electron chi connectivity index (χ0n) is 11.8. The van der Waals surface area contributed by atoms with Gasteiger partial charge in [0.25, 0.3) is 0 Å². The fourth-order valence-electron chi connectivity index (χ4n) is 1.81. The Balaban J connectivity index is 1.51. The van der Waals surface area contributed by atoms with Crippen LogP contribution in [0.4, 0.5) is 0 Å². The number of benzene rings is 1. The second-order valence-corrected chi connectivity index (χ2v) is 5.58. The van der Waals surface area contributed by atoms with Crippen molar-refractivity contribution in [2.24, 2.45) is 0 Å². The van der Waals surface area contributed by atoms with Crippen molar-refractivity contribution in [1.82, 2.24) is 25.6 Å². The maximum atomic E-state index is 11.9. The molecule has 0 saturated heterocycles. The normalized spacial score (nSPS) is 10.8. The first-order chi connectivity index (χ1) is 10.7. The molecule has 8 heteroatoms. The van der Waals surface area contributed by atoms with E-state index in [9.17, 15) is 4.79 Å². The number of thioether (sulfide) groups is 1. The summed E-state index contributed by atoms with van der Waals surface area (Å²) in [5.41, 5.74) is 3.19. The Hall–Kier alpha value is -2.48. The number of amides is 1. The van der Waals surface area contributed by atoms with Gasteiger partial charge in [0.15, 0.2) is 5.16 Å². The molecule has 0 aliphatic heterocycles. The minimum atomic E-state index is -0.0755. The molecule has 2 aromatic heterocycles. The summed E-state index contributed by atoms with van der Waals surface area (Å²) >= 11 is 1.31. The Morgan fingerprint density at radius 3 is 3.00 bits per heavy atom. The van der Waals surface area contributed by atoms with Gasteiger partial charge in [-0.25, -0.2) is 14.6 Å². The van der Waals surface area contributed by atoms with Crippen molar-refractivity contribution in [1.29, 1.82) is 0 Å². The number of hydrogen-bond donors (Lipinski definition) is 1. The first kappa shape index (κ1) is 14.5. The molecule has 0 bridgehead atoms. The summed E-state index contributed by atoms with van der Waals surface area (Å²) in [5, 5.41) is 11.0. The van der Waals surface area contributed by atoms with Crippen LogP contribution in [0.5, 0.6) is 0 Å². The van der Waals surface area contributed by atoms with Gasteiger partial charge in [-0.3, -0.25) is 4.79 Å². The van der Waals surface area contributed by atoms with E-state index in [2.05, 4.69) is 30.2 Å². The zero-order valence-corrected chi connectivity index (χ0v) is 12.6. The van der Waals surface area contributed by atoms with Crippen molar-refractivity contribution in [2.75, 3.05) is 5.75 Å². The third-order valence-electron chi connectivity index (χ3n) is 2.91. The molecule has 112 valence electrons. The highest BCUT2D eigenvalue weighted by molar-refractivity contribution is 7.99. The molecule has 0 atom stereocenters. The van der Waals surface area contributed by atoms with Gasteiger partial charge in [0, 0.05) is 18.4 Å². The maximum Gasteiger partial charge on any atom is 0.230 e. The summed E-state index contributed by atoms with van der Waals surface area (Å²) in [5.74, 6) is 0.200. The molecule has 7 nitrogen and oxygen atoms in total. The van der Waals surface area contributed by atoms with Crippen molar-refractivity contribution in [3.05, 3.63) is 41.7 Å². The molecule has 0 unspecified atom stereocenters. The van der Waals surface area contributed by atoms with Gasteiger partial charge in [-0.15, -0.1) is 0 Å². The van der Waals surface area contributed by atoms with Crippen LogP contribution in [0.15, 0.2) is 40.2 Å². The lowest BCUT2D eigenvalue weighted by molar-refractivity contribution is -0.118. The summed E-state index contributed by atoms with van der Waals surface area (Å²) in [7, 11) is 0. The SMILES string of the molecule is Cc1ccnc(SCC(=O)NCc2ccc3nonc3c2)n1. The average molecular weight is 315 g/mol. The van der Waals surface area contributed by atoms with Gasteiger partial charge in [-0.2, -0.15) is 0 Å². The van der Waals surface area contributed by atoms with Gasteiger partial charge in [0.1, 0.15) is 11.0 Å². The van der Waals surface area contributed by atoms with Crippen LogP contribution >= 0.6 is 11.8 Å². The fourth-order valence-corrected chi connectivity index (χ4v) is 2.52. The van der Waals surface area contributed by atoms with E-state index in [0.29, 0.717) is 22.7 Å². The highest BCUT2D eigenvalue weighted by atomic mass is 32.2. The van der Waals surface area contributed by atoms with Crippen LogP contribution in [0, 0.1) is 6.92 Å². The Labute approximate surface area is 130 Å². The summed E-state index contributed by atoms with van der Waals surface area (Å²) in [6, 6.07) is 7.34. The number of hydrogen-bond acceptors (Lipinski definition) is 7. The molecule has 0 aliphatic rings. The number of nitrogens with one attached hydrogen (secondary N) is 1. The molecule has 2 heterocycles. The van der Waals surface area contributed by atoms with E-state index in [-0.39, 0.29) is 11.7 Å². The summed E-state index contributed by atoms with van der Waals surface area (Å²) < 4.78 is 4.64. The van der Waals surface area contributed by atoms with Gasteiger partial charge >= 0.3 is 0 Å². The minimum absolute atomic E-state index is 0.0755. The topological polar surface area (TPSA) is 93.8 Å². The van der Waals surface area contributed by atoms with Crippen LogP contribution in [0.1, 0.15) is 11.3 Å². The van der Waals surface area contributed by atoms with Crippen molar-refractivity contribution < 1.29 is 9.42 Å². The Bertz CT molecular complexity index is 805. The maximum absolute atomic E-state index is 11.9. The highest BCUT2D eigenvalue weighted by Gasteiger charge is 2.06. The number of fused-ring (bicyclic) bond motifs is 1. The van der Waals surface area contributed by atoms with Gasteiger partial charge in [0.05, 0.1) is 5.75 Å². The zero-order chi connectivity index (χ0) is 15.4. The van der Waals surface area contributed by atoms with E-state index in [1.54, 1.807) is 6.20 Å². The van der Waals surface area contributed by atoms with Crippen LogP contribution in [0.25, 0.3) is 11.0 Å². The molecule has 3 rings (SSSR count). The van der Waals surface area contributed by atoms with E-state index in [1.807, 2.05) is 31.2 Å². The molecule has 0 aliphatic carbocycles. The summed E-state index contributed by atoms with van der Waals surface area (Å²) in [6.07, 6.45) is 1.68. The van der Waals surface area contributed by atoms with Crippen LogP contribution in [-0.4, -0.2) is 31.9 Å². The third-order valence-corrected chi connectivity index (χ3v) is 3.77. The van der Waals surface area contributed by atoms with Gasteiger partial charge < -0.3 is 5.32 Å². The Kier molecular flexibility index (Phi) is 4.29. The summed E-state index contributed by atoms with van der Waals surface area (Å²) in [6.45, 7) is 2.32. The molecule has 0 radical (unpaired) electrons. The number of carbonyl (C=O) groups is 1. The van der Waals surface area contributed by atoms with E-state index in [4.69, 9.17) is 0 Å². The Morgan fingerprint density at radius 2 is 2.14 bits per heavy atom. The van der Waals surface area contributed by atoms with Gasteiger partial charge in [-0.05, 0) is 41.0 Å². The van der Waals surface area contributed by atoms with Gasteiger partial charge in [0.2, 0.25) is 5.91 Å². The molecular weight excluding hydrogens is 302 g/mol. The van der Waals surface area contributed by atoms with Crippen LogP contribution in [-0.2, 0) is 11.3 Å². The lowest BCUT2D eigenvalue weighted by Gasteiger charge is -2.05. The second-order valence-electron chi connectivity index (χ2n) is 4.63. The molecule has 3 aromatic rings. The van der Waals surface area contributed by atoms with E-state index >= 15 is 0 Å². The molecule has 1 N–H and O–H groups in total. The predicted octanol–water partition coefficient (Wildman–Crippen LogP) is 1.73. The van der Waals surface area contributed by atoms with Crippen molar-refractivity contribution in [3.63, 3.8) is 0 Å². The van der Waals surface area contributed by atoms with Crippen molar-refractivity contribution in [3.8, 4) is 0 Å². The summed E-state index contributed by atoms with van der Waals surface area (Å²) in [4.78, 5) is 20.2. The first-order valence-electron chi connectivity index (χ1n) is 6.61. The molecule has 1 amide bonds. The highest BCUT2D eigenvalue weighted by Crippen LogP contribution is 2.13. The largest absolute Gasteiger partial charge is 0.351 e. The number of nitrogens with zero attached hydrogens (tertiary/aromatic N) is 4. The number of carbonyl (C=O) groups excluding carboxylic acids is 1. The number of rotatable bonds is 5. The van der Waals surface area contributed by atoms with E-state index in [0.717, 1.165) is 11.3 Å². The monoisotopic (exact) mass is 315 g/mol. The average Bonchev–Trinajstić information content (AvgIpc) is 2.98. The number of aromatic nitrogens is 4. The third kappa shape index (κ3) is 3.59. The second kappa shape index (κ2) is 6.52. The lowest BCUT2D eigenvalue weighted by atomic mass is 10.2. The lowest BCUT2D eigenvalue weighted by Crippen LogP contribution is -2.24. The molecule has 0 saturated carbocycles. The molecule has 0 spiro atoms. The molecular formula is C14H13N5O2S. The number of aryl methyl sites for hydroxylation is 1.